The molecule has 0 amide bonds. The fraction of sp³-hybridized carbons (Fsp3) is 0.250. The van der Waals surface area contributed by atoms with E-state index in [0.29, 0.717) is 5.92 Å². The minimum Gasteiger partial charge on any atom is -0.298 e. The Hall–Kier alpha value is -1.90. The Morgan fingerprint density at radius 1 is 0.846 bits per heavy atom. The second-order valence-electron chi connectivity index (χ2n) is 6.91. The normalized spacial score (nSPS) is 16.8. The molecule has 0 aliphatic carbocycles. The van der Waals surface area contributed by atoms with Crippen LogP contribution >= 0.6 is 15.9 Å². The molecule has 1 aliphatic rings. The lowest BCUT2D eigenvalue weighted by Gasteiger charge is -2.16. The van der Waals surface area contributed by atoms with E-state index in [-0.39, 0.29) is 0 Å². The second-order valence-corrected chi connectivity index (χ2v) is 7.83. The first-order valence-electron chi connectivity index (χ1n) is 9.24. The average molecular weight is 408 g/mol. The van der Waals surface area contributed by atoms with Gasteiger partial charge in [0.1, 0.15) is 0 Å². The monoisotopic (exact) mass is 407 g/mol. The maximum Gasteiger partial charge on any atom is 0.0233 e. The Labute approximate surface area is 165 Å². The van der Waals surface area contributed by atoms with E-state index < -0.39 is 0 Å². The Bertz CT molecular complexity index is 768. The molecule has 0 radical (unpaired) electrons. The van der Waals surface area contributed by atoms with E-state index in [0.717, 1.165) is 11.0 Å². The van der Waals surface area contributed by atoms with Gasteiger partial charge in [-0.05, 0) is 49.1 Å². The maximum atomic E-state index is 3.50. The number of hydrogen-bond donors (Lipinski definition) is 0. The maximum absolute atomic E-state index is 3.50. The van der Waals surface area contributed by atoms with E-state index in [1.54, 1.807) is 0 Å². The number of nitrogens with zero attached hydrogens (tertiary/aromatic N) is 1. The van der Waals surface area contributed by atoms with Crippen LogP contribution in [0.15, 0.2) is 89.4 Å². The van der Waals surface area contributed by atoms with Crippen molar-refractivity contribution in [2.45, 2.75) is 25.8 Å². The molecule has 4 rings (SSSR count). The molecule has 1 atom stereocenters. The van der Waals surface area contributed by atoms with Crippen LogP contribution in [0.2, 0.25) is 0 Å². The van der Waals surface area contributed by atoms with Gasteiger partial charge in [-0.25, -0.2) is 0 Å². The van der Waals surface area contributed by atoms with Gasteiger partial charge >= 0.3 is 0 Å². The Morgan fingerprint density at radius 2 is 1.46 bits per heavy atom. The topological polar surface area (TPSA) is 3.24 Å². The highest BCUT2D eigenvalue weighted by Gasteiger charge is 2.23. The largest absolute Gasteiger partial charge is 0.298 e. The van der Waals surface area contributed by atoms with Crippen LogP contribution < -0.4 is 0 Å². The number of halogens is 1. The van der Waals surface area contributed by atoms with Gasteiger partial charge in [-0.3, -0.25) is 4.90 Å². The van der Waals surface area contributed by atoms with Crippen LogP contribution in [0.4, 0.5) is 0 Å². The summed E-state index contributed by atoms with van der Waals surface area (Å²) < 4.78 is 1.16. The molecule has 1 saturated heterocycles. The van der Waals surface area contributed by atoms with Gasteiger partial charge in [0.25, 0.3) is 0 Å². The van der Waals surface area contributed by atoms with Crippen molar-refractivity contribution in [3.05, 3.63) is 106 Å². The van der Waals surface area contributed by atoms with Crippen molar-refractivity contribution in [1.82, 2.24) is 4.90 Å². The van der Waals surface area contributed by atoms with E-state index in [1.807, 2.05) is 18.2 Å². The van der Waals surface area contributed by atoms with Crippen molar-refractivity contribution >= 4 is 15.9 Å². The molecule has 3 aromatic rings. The van der Waals surface area contributed by atoms with Crippen LogP contribution in [0.1, 0.15) is 29.0 Å². The predicted molar refractivity (Wildman–Crippen MR) is 114 cm³/mol. The Kier molecular flexibility index (Phi) is 7.04. The minimum atomic E-state index is 0.691. The third-order valence-electron chi connectivity index (χ3n) is 4.80. The summed E-state index contributed by atoms with van der Waals surface area (Å²) in [4.78, 5) is 2.56. The summed E-state index contributed by atoms with van der Waals surface area (Å²) in [5.41, 5.74) is 4.21. The fourth-order valence-corrected chi connectivity index (χ4v) is 3.62. The molecule has 0 spiro atoms. The van der Waals surface area contributed by atoms with Crippen LogP contribution in [0.3, 0.4) is 0 Å². The SMILES string of the molecule is Brc1ccc(C2CCN(Cc3ccccc3)C2)cc1.Cc1ccccc1. The van der Waals surface area contributed by atoms with Crippen molar-refractivity contribution in [1.29, 1.82) is 0 Å². The van der Waals surface area contributed by atoms with Crippen LogP contribution in [-0.4, -0.2) is 18.0 Å². The number of likely N-dealkylation sites (tertiary alicyclic amines) is 1. The zero-order valence-corrected chi connectivity index (χ0v) is 16.9. The van der Waals surface area contributed by atoms with Gasteiger partial charge in [0.2, 0.25) is 0 Å². The van der Waals surface area contributed by atoms with Crippen molar-refractivity contribution in [3.8, 4) is 0 Å². The summed E-state index contributed by atoms with van der Waals surface area (Å²) in [7, 11) is 0. The fourth-order valence-electron chi connectivity index (χ4n) is 3.36. The molecular weight excluding hydrogens is 382 g/mol. The van der Waals surface area contributed by atoms with Crippen molar-refractivity contribution in [2.75, 3.05) is 13.1 Å². The number of aryl methyl sites for hydroxylation is 1. The zero-order valence-electron chi connectivity index (χ0n) is 15.3. The lowest BCUT2D eigenvalue weighted by atomic mass is 9.99. The molecule has 1 fully saturated rings. The van der Waals surface area contributed by atoms with Gasteiger partial charge in [0.15, 0.2) is 0 Å². The van der Waals surface area contributed by atoms with E-state index in [2.05, 4.69) is 94.5 Å². The van der Waals surface area contributed by atoms with Crippen molar-refractivity contribution in [2.24, 2.45) is 0 Å². The smallest absolute Gasteiger partial charge is 0.0233 e. The van der Waals surface area contributed by atoms with Crippen molar-refractivity contribution in [3.63, 3.8) is 0 Å². The van der Waals surface area contributed by atoms with Gasteiger partial charge < -0.3 is 0 Å². The molecule has 2 heteroatoms. The molecule has 3 aromatic carbocycles. The first-order valence-corrected chi connectivity index (χ1v) is 10.0. The first-order chi connectivity index (χ1) is 12.7. The summed E-state index contributed by atoms with van der Waals surface area (Å²) >= 11 is 3.50. The highest BCUT2D eigenvalue weighted by Crippen LogP contribution is 2.28. The summed E-state index contributed by atoms with van der Waals surface area (Å²) in [6.45, 7) is 5.54. The quantitative estimate of drug-likeness (QED) is 0.483. The lowest BCUT2D eigenvalue weighted by molar-refractivity contribution is 0.327. The van der Waals surface area contributed by atoms with Gasteiger partial charge in [-0.15, -0.1) is 0 Å². The van der Waals surface area contributed by atoms with Crippen LogP contribution in [0.5, 0.6) is 0 Å². The van der Waals surface area contributed by atoms with Crippen LogP contribution in [-0.2, 0) is 6.54 Å². The first kappa shape index (κ1) is 18.9. The third kappa shape index (κ3) is 5.82. The van der Waals surface area contributed by atoms with Gasteiger partial charge in [-0.1, -0.05) is 94.3 Å². The Balaban J connectivity index is 0.000000236. The highest BCUT2D eigenvalue weighted by atomic mass is 79.9. The van der Waals surface area contributed by atoms with Crippen LogP contribution in [0.25, 0.3) is 0 Å². The summed E-state index contributed by atoms with van der Waals surface area (Å²) in [5, 5.41) is 0. The van der Waals surface area contributed by atoms with Gasteiger partial charge in [0.05, 0.1) is 0 Å². The Morgan fingerprint density at radius 3 is 2.04 bits per heavy atom. The van der Waals surface area contributed by atoms with Crippen molar-refractivity contribution < 1.29 is 0 Å². The number of hydrogen-bond acceptors (Lipinski definition) is 1. The van der Waals surface area contributed by atoms with E-state index in [9.17, 15) is 0 Å². The number of benzene rings is 3. The molecule has 26 heavy (non-hydrogen) atoms. The molecule has 0 N–H and O–H groups in total. The molecular formula is C24H26BrN. The molecule has 1 unspecified atom stereocenters. The summed E-state index contributed by atoms with van der Waals surface area (Å²) in [5.74, 6) is 0.691. The zero-order chi connectivity index (χ0) is 18.2. The summed E-state index contributed by atoms with van der Waals surface area (Å²) in [6, 6.07) is 29.8. The average Bonchev–Trinajstić information content (AvgIpc) is 3.13. The molecule has 1 heterocycles. The van der Waals surface area contributed by atoms with Gasteiger partial charge in [0, 0.05) is 17.6 Å². The van der Waals surface area contributed by atoms with Gasteiger partial charge in [-0.2, -0.15) is 0 Å². The second kappa shape index (κ2) is 9.70. The van der Waals surface area contributed by atoms with E-state index >= 15 is 0 Å². The number of rotatable bonds is 3. The molecule has 1 nitrogen and oxygen atoms in total. The summed E-state index contributed by atoms with van der Waals surface area (Å²) in [6.07, 6.45) is 1.27. The predicted octanol–water partition coefficient (Wildman–Crippen LogP) is 6.43. The lowest BCUT2D eigenvalue weighted by Crippen LogP contribution is -2.19. The van der Waals surface area contributed by atoms with Crippen LogP contribution in [0, 0.1) is 6.92 Å². The third-order valence-corrected chi connectivity index (χ3v) is 5.33. The standard InChI is InChI=1S/C17H18BrN.C7H8/c18-17-8-6-15(7-9-17)16-10-11-19(13-16)12-14-4-2-1-3-5-14;1-7-5-3-2-4-6-7/h1-9,16H,10-13H2;2-6H,1H3. The highest BCUT2D eigenvalue weighted by molar-refractivity contribution is 9.10. The molecule has 1 aliphatic heterocycles. The van der Waals surface area contributed by atoms with E-state index in [1.165, 1.54) is 36.2 Å². The molecule has 0 saturated carbocycles. The molecule has 0 bridgehead atoms. The molecule has 0 aromatic heterocycles. The van der Waals surface area contributed by atoms with E-state index in [4.69, 9.17) is 0 Å². The minimum absolute atomic E-state index is 0.691. The molecule has 134 valence electrons.